The van der Waals surface area contributed by atoms with E-state index in [1.54, 1.807) is 6.92 Å². The molecule has 5 nitrogen and oxygen atoms in total. The van der Waals surface area contributed by atoms with Gasteiger partial charge in [-0.1, -0.05) is 41.7 Å². The van der Waals surface area contributed by atoms with E-state index in [2.05, 4.69) is 10.3 Å². The first-order valence-electron chi connectivity index (χ1n) is 6.78. The van der Waals surface area contributed by atoms with Crippen LogP contribution in [0, 0.1) is 6.92 Å². The zero-order chi connectivity index (χ0) is 15.9. The summed E-state index contributed by atoms with van der Waals surface area (Å²) >= 11 is 1.39. The summed E-state index contributed by atoms with van der Waals surface area (Å²) in [5.74, 6) is -0.959. The molecule has 1 heterocycles. The molecule has 2 aromatic rings. The summed E-state index contributed by atoms with van der Waals surface area (Å²) < 4.78 is 4.70. The molecule has 0 radical (unpaired) electrons. The fourth-order valence-corrected chi connectivity index (χ4v) is 2.76. The van der Waals surface area contributed by atoms with Gasteiger partial charge in [0, 0.05) is 12.2 Å². The number of anilines is 1. The van der Waals surface area contributed by atoms with Crippen LogP contribution in [0.5, 0.6) is 0 Å². The average Bonchev–Trinajstić information content (AvgIpc) is 2.87. The Balaban J connectivity index is 2.05. The molecule has 0 saturated carbocycles. The molecule has 22 heavy (non-hydrogen) atoms. The number of rotatable bonds is 5. The molecular weight excluding hydrogens is 300 g/mol. The first-order valence-corrected chi connectivity index (χ1v) is 7.60. The fourth-order valence-electron chi connectivity index (χ4n) is 1.79. The van der Waals surface area contributed by atoms with Gasteiger partial charge in [0.25, 0.3) is 0 Å². The quantitative estimate of drug-likeness (QED) is 0.679. The van der Waals surface area contributed by atoms with E-state index in [0.29, 0.717) is 5.13 Å². The van der Waals surface area contributed by atoms with Gasteiger partial charge >= 0.3 is 5.97 Å². The topological polar surface area (TPSA) is 68.3 Å². The van der Waals surface area contributed by atoms with Gasteiger partial charge in [-0.2, -0.15) is 0 Å². The average molecular weight is 316 g/mol. The van der Waals surface area contributed by atoms with Crippen molar-refractivity contribution in [2.45, 2.75) is 13.8 Å². The Kier molecular flexibility index (Phi) is 5.43. The number of carbonyl (C=O) groups excluding carboxylic acids is 2. The number of aromatic nitrogens is 1. The van der Waals surface area contributed by atoms with Gasteiger partial charge in [0.15, 0.2) is 5.13 Å². The normalized spacial score (nSPS) is 10.6. The Labute approximate surface area is 132 Å². The van der Waals surface area contributed by atoms with Crippen LogP contribution >= 0.6 is 11.3 Å². The first kappa shape index (κ1) is 15.9. The van der Waals surface area contributed by atoms with E-state index in [0.717, 1.165) is 28.3 Å². The summed E-state index contributed by atoms with van der Waals surface area (Å²) in [5.41, 5.74) is 1.90. The summed E-state index contributed by atoms with van der Waals surface area (Å²) in [6.45, 7) is 3.87. The minimum absolute atomic E-state index is 0.275. The van der Waals surface area contributed by atoms with Crippen molar-refractivity contribution in [3.8, 4) is 10.4 Å². The van der Waals surface area contributed by atoms with Crippen molar-refractivity contribution < 1.29 is 14.3 Å². The second-order valence-corrected chi connectivity index (χ2v) is 5.37. The van der Waals surface area contributed by atoms with Crippen LogP contribution in [0.4, 0.5) is 5.13 Å². The molecule has 1 aromatic heterocycles. The van der Waals surface area contributed by atoms with Gasteiger partial charge in [-0.3, -0.25) is 10.1 Å². The number of amides is 1. The highest BCUT2D eigenvalue weighted by Gasteiger charge is 2.10. The van der Waals surface area contributed by atoms with Crippen molar-refractivity contribution in [3.63, 3.8) is 0 Å². The van der Waals surface area contributed by atoms with Gasteiger partial charge in [-0.25, -0.2) is 9.78 Å². The maximum absolute atomic E-state index is 11.7. The Morgan fingerprint density at radius 2 is 2.00 bits per heavy atom. The summed E-state index contributed by atoms with van der Waals surface area (Å²) in [4.78, 5) is 28.2. The number of aryl methyl sites for hydroxylation is 1. The number of esters is 1. The van der Waals surface area contributed by atoms with Gasteiger partial charge < -0.3 is 4.74 Å². The number of ether oxygens (including phenoxy) is 1. The second kappa shape index (κ2) is 7.51. The number of carbonyl (C=O) groups is 2. The molecule has 114 valence electrons. The molecule has 0 bridgehead atoms. The predicted octanol–water partition coefficient (Wildman–Crippen LogP) is 3.18. The molecule has 2 rings (SSSR count). The van der Waals surface area contributed by atoms with Crippen molar-refractivity contribution in [1.82, 2.24) is 4.98 Å². The van der Waals surface area contributed by atoms with Crippen LogP contribution in [-0.2, 0) is 14.3 Å². The number of nitrogens with zero attached hydrogens (tertiary/aromatic N) is 1. The lowest BCUT2D eigenvalue weighted by molar-refractivity contribution is -0.137. The summed E-state index contributed by atoms with van der Waals surface area (Å²) in [6, 6.07) is 9.84. The van der Waals surface area contributed by atoms with E-state index in [-0.39, 0.29) is 6.61 Å². The highest BCUT2D eigenvalue weighted by molar-refractivity contribution is 7.19. The Bertz CT molecular complexity index is 693. The minimum Gasteiger partial charge on any atom is -0.463 e. The summed E-state index contributed by atoms with van der Waals surface area (Å²) in [7, 11) is 0. The van der Waals surface area contributed by atoms with Gasteiger partial charge in [0.05, 0.1) is 17.2 Å². The lowest BCUT2D eigenvalue weighted by atomic mass is 10.2. The van der Waals surface area contributed by atoms with Gasteiger partial charge in [0.2, 0.25) is 5.91 Å². The van der Waals surface area contributed by atoms with Crippen molar-refractivity contribution >= 4 is 28.3 Å². The number of hydrogen-bond acceptors (Lipinski definition) is 5. The molecule has 0 fully saturated rings. The third-order valence-corrected chi connectivity index (χ3v) is 3.84. The Hall–Kier alpha value is -2.47. The molecule has 0 saturated heterocycles. The van der Waals surface area contributed by atoms with E-state index in [9.17, 15) is 9.59 Å². The standard InChI is InChI=1S/C16H16N2O3S/c1-3-21-14(20)10-9-13(19)18-16-17-11(2)15(22-16)12-7-5-4-6-8-12/h4-10H,3H2,1-2H3,(H,17,18,19)/b10-9+. The zero-order valence-electron chi connectivity index (χ0n) is 12.3. The highest BCUT2D eigenvalue weighted by Crippen LogP contribution is 2.32. The maximum Gasteiger partial charge on any atom is 0.330 e. The van der Waals surface area contributed by atoms with Gasteiger partial charge in [-0.05, 0) is 19.4 Å². The molecule has 0 unspecified atom stereocenters. The minimum atomic E-state index is -0.544. The molecule has 0 aliphatic rings. The van der Waals surface area contributed by atoms with Crippen LogP contribution < -0.4 is 5.32 Å². The molecule has 0 aliphatic carbocycles. The Morgan fingerprint density at radius 3 is 2.68 bits per heavy atom. The molecule has 6 heteroatoms. The molecule has 1 amide bonds. The summed E-state index contributed by atoms with van der Waals surface area (Å²) in [6.07, 6.45) is 2.23. The molecule has 0 aliphatic heterocycles. The third-order valence-electron chi connectivity index (χ3n) is 2.72. The molecule has 0 spiro atoms. The molecule has 1 aromatic carbocycles. The maximum atomic E-state index is 11.7. The lowest BCUT2D eigenvalue weighted by Crippen LogP contribution is -2.09. The van der Waals surface area contributed by atoms with Crippen molar-refractivity contribution in [1.29, 1.82) is 0 Å². The molecular formula is C16H16N2O3S. The first-order chi connectivity index (χ1) is 10.6. The van der Waals surface area contributed by atoms with E-state index in [4.69, 9.17) is 4.74 Å². The predicted molar refractivity (Wildman–Crippen MR) is 86.7 cm³/mol. The number of hydrogen-bond donors (Lipinski definition) is 1. The SMILES string of the molecule is CCOC(=O)/C=C/C(=O)Nc1nc(C)c(-c2ccccc2)s1. The van der Waals surface area contributed by atoms with Crippen molar-refractivity contribution in [3.05, 3.63) is 48.2 Å². The van der Waals surface area contributed by atoms with E-state index < -0.39 is 11.9 Å². The largest absolute Gasteiger partial charge is 0.463 e. The van der Waals surface area contributed by atoms with Gasteiger partial charge in [-0.15, -0.1) is 0 Å². The number of benzene rings is 1. The van der Waals surface area contributed by atoms with Crippen molar-refractivity contribution in [2.24, 2.45) is 0 Å². The highest BCUT2D eigenvalue weighted by atomic mass is 32.1. The molecule has 1 N–H and O–H groups in total. The van der Waals surface area contributed by atoms with Crippen LogP contribution in [0.1, 0.15) is 12.6 Å². The second-order valence-electron chi connectivity index (χ2n) is 4.37. The van der Waals surface area contributed by atoms with Crippen LogP contribution in [0.25, 0.3) is 10.4 Å². The van der Waals surface area contributed by atoms with E-state index >= 15 is 0 Å². The monoisotopic (exact) mass is 316 g/mol. The Morgan fingerprint density at radius 1 is 1.27 bits per heavy atom. The van der Waals surface area contributed by atoms with Crippen LogP contribution in [0.15, 0.2) is 42.5 Å². The smallest absolute Gasteiger partial charge is 0.330 e. The summed E-state index contributed by atoms with van der Waals surface area (Å²) in [5, 5.41) is 3.14. The zero-order valence-corrected chi connectivity index (χ0v) is 13.1. The van der Waals surface area contributed by atoms with E-state index in [1.165, 1.54) is 11.3 Å². The molecule has 0 atom stereocenters. The van der Waals surface area contributed by atoms with Crippen LogP contribution in [0.2, 0.25) is 0 Å². The third kappa shape index (κ3) is 4.26. The number of thiazole rings is 1. The van der Waals surface area contributed by atoms with Crippen LogP contribution in [0.3, 0.4) is 0 Å². The van der Waals surface area contributed by atoms with Gasteiger partial charge in [0.1, 0.15) is 0 Å². The number of nitrogens with one attached hydrogen (secondary N) is 1. The lowest BCUT2D eigenvalue weighted by Gasteiger charge is -1.97. The van der Waals surface area contributed by atoms with Crippen LogP contribution in [-0.4, -0.2) is 23.5 Å². The van der Waals surface area contributed by atoms with Crippen molar-refractivity contribution in [2.75, 3.05) is 11.9 Å². The fraction of sp³-hybridized carbons (Fsp3) is 0.188. The van der Waals surface area contributed by atoms with E-state index in [1.807, 2.05) is 37.3 Å².